The van der Waals surface area contributed by atoms with Crippen molar-refractivity contribution in [1.82, 2.24) is 0 Å². The highest BCUT2D eigenvalue weighted by Crippen LogP contribution is 2.18. The zero-order valence-electron chi connectivity index (χ0n) is 8.97. The number of para-hydroxylation sites is 1. The van der Waals surface area contributed by atoms with Gasteiger partial charge < -0.3 is 10.9 Å². The fourth-order valence-electron chi connectivity index (χ4n) is 1.59. The van der Waals surface area contributed by atoms with Crippen LogP contribution >= 0.6 is 15.9 Å². The molecule has 0 saturated carbocycles. The minimum Gasteiger partial charge on any atom is -0.410 e. The highest BCUT2D eigenvalue weighted by atomic mass is 79.9. The van der Waals surface area contributed by atoms with Gasteiger partial charge in [-0.05, 0) is 18.2 Å². The van der Waals surface area contributed by atoms with Gasteiger partial charge in [-0.3, -0.25) is 0 Å². The number of rotatable bonds is 2. The quantitative estimate of drug-likeness (QED) is 0.386. The fourth-order valence-corrected chi connectivity index (χ4v) is 1.85. The standard InChI is InChI=1S/C13H11BrN2O/c14-10-7-5-9(6-8-10)13(16-17)11-3-1-2-4-12(11)15/h1-8,17H,15H2/b16-13+. The molecule has 0 unspecified atom stereocenters. The van der Waals surface area contributed by atoms with E-state index in [0.717, 1.165) is 15.6 Å². The first-order chi connectivity index (χ1) is 8.22. The van der Waals surface area contributed by atoms with Crippen molar-refractivity contribution < 1.29 is 5.21 Å². The van der Waals surface area contributed by atoms with E-state index in [4.69, 9.17) is 10.9 Å². The zero-order chi connectivity index (χ0) is 12.3. The third-order valence-corrected chi connectivity index (χ3v) is 2.96. The van der Waals surface area contributed by atoms with Crippen LogP contribution in [0.1, 0.15) is 11.1 Å². The van der Waals surface area contributed by atoms with Gasteiger partial charge >= 0.3 is 0 Å². The SMILES string of the molecule is Nc1ccccc1/C(=N/O)c1ccc(Br)cc1. The monoisotopic (exact) mass is 290 g/mol. The lowest BCUT2D eigenvalue weighted by molar-refractivity contribution is 0.319. The number of benzene rings is 2. The smallest absolute Gasteiger partial charge is 0.119 e. The maximum absolute atomic E-state index is 9.15. The first-order valence-electron chi connectivity index (χ1n) is 5.05. The molecule has 0 spiro atoms. The van der Waals surface area contributed by atoms with Crippen LogP contribution in [0.2, 0.25) is 0 Å². The van der Waals surface area contributed by atoms with E-state index in [2.05, 4.69) is 21.1 Å². The van der Waals surface area contributed by atoms with E-state index in [0.29, 0.717) is 11.4 Å². The van der Waals surface area contributed by atoms with E-state index in [1.165, 1.54) is 0 Å². The number of hydrogen-bond acceptors (Lipinski definition) is 3. The molecule has 0 radical (unpaired) electrons. The predicted octanol–water partition coefficient (Wildman–Crippen LogP) is 3.26. The molecule has 0 bridgehead atoms. The molecule has 3 nitrogen and oxygen atoms in total. The molecule has 0 aliphatic rings. The second-order valence-electron chi connectivity index (χ2n) is 3.54. The fraction of sp³-hybridized carbons (Fsp3) is 0. The molecule has 4 heteroatoms. The average Bonchev–Trinajstić information content (AvgIpc) is 2.35. The van der Waals surface area contributed by atoms with Gasteiger partial charge in [0.25, 0.3) is 0 Å². The number of nitrogens with two attached hydrogens (primary N) is 1. The summed E-state index contributed by atoms with van der Waals surface area (Å²) in [6.45, 7) is 0. The van der Waals surface area contributed by atoms with Crippen LogP contribution in [0, 0.1) is 0 Å². The number of nitrogen functional groups attached to an aromatic ring is 1. The lowest BCUT2D eigenvalue weighted by atomic mass is 10.0. The van der Waals surface area contributed by atoms with Crippen LogP contribution in [0.25, 0.3) is 0 Å². The molecule has 0 aliphatic carbocycles. The molecule has 0 fully saturated rings. The zero-order valence-corrected chi connectivity index (χ0v) is 10.6. The summed E-state index contributed by atoms with van der Waals surface area (Å²) < 4.78 is 0.972. The number of anilines is 1. The Labute approximate surface area is 108 Å². The Morgan fingerprint density at radius 3 is 2.29 bits per heavy atom. The molecule has 0 atom stereocenters. The Hall–Kier alpha value is -1.81. The van der Waals surface area contributed by atoms with Crippen molar-refractivity contribution >= 4 is 27.3 Å². The molecule has 0 aromatic heterocycles. The highest BCUT2D eigenvalue weighted by Gasteiger charge is 2.10. The van der Waals surface area contributed by atoms with Crippen molar-refractivity contribution in [3.8, 4) is 0 Å². The molecule has 0 aliphatic heterocycles. The summed E-state index contributed by atoms with van der Waals surface area (Å²) in [6, 6.07) is 14.8. The number of hydrogen-bond donors (Lipinski definition) is 2. The van der Waals surface area contributed by atoms with E-state index in [1.807, 2.05) is 42.5 Å². The second-order valence-corrected chi connectivity index (χ2v) is 4.46. The summed E-state index contributed by atoms with van der Waals surface area (Å²) in [6.07, 6.45) is 0. The van der Waals surface area contributed by atoms with Crippen LogP contribution in [0.15, 0.2) is 58.2 Å². The Balaban J connectivity index is 2.49. The largest absolute Gasteiger partial charge is 0.410 e. The molecule has 2 aromatic carbocycles. The summed E-state index contributed by atoms with van der Waals surface area (Å²) >= 11 is 3.36. The topological polar surface area (TPSA) is 58.6 Å². The van der Waals surface area contributed by atoms with Gasteiger partial charge in [0.05, 0.1) is 0 Å². The highest BCUT2D eigenvalue weighted by molar-refractivity contribution is 9.10. The van der Waals surface area contributed by atoms with Crippen molar-refractivity contribution in [2.24, 2.45) is 5.16 Å². The molecular formula is C13H11BrN2O. The van der Waals surface area contributed by atoms with E-state index in [9.17, 15) is 0 Å². The third-order valence-electron chi connectivity index (χ3n) is 2.43. The predicted molar refractivity (Wildman–Crippen MR) is 72.4 cm³/mol. The van der Waals surface area contributed by atoms with Gasteiger partial charge in [-0.1, -0.05) is 51.4 Å². The van der Waals surface area contributed by atoms with Crippen LogP contribution in [-0.4, -0.2) is 10.9 Å². The van der Waals surface area contributed by atoms with Gasteiger partial charge in [-0.15, -0.1) is 0 Å². The van der Waals surface area contributed by atoms with Crippen molar-refractivity contribution in [3.05, 3.63) is 64.1 Å². The van der Waals surface area contributed by atoms with Crippen LogP contribution in [0.5, 0.6) is 0 Å². The number of halogens is 1. The van der Waals surface area contributed by atoms with Crippen molar-refractivity contribution in [2.45, 2.75) is 0 Å². The van der Waals surface area contributed by atoms with Crippen molar-refractivity contribution in [2.75, 3.05) is 5.73 Å². The lowest BCUT2D eigenvalue weighted by Crippen LogP contribution is -2.06. The normalized spacial score (nSPS) is 11.5. The number of nitrogens with zero attached hydrogens (tertiary/aromatic N) is 1. The maximum atomic E-state index is 9.15. The molecule has 17 heavy (non-hydrogen) atoms. The molecule has 2 aromatic rings. The van der Waals surface area contributed by atoms with Crippen molar-refractivity contribution in [3.63, 3.8) is 0 Å². The lowest BCUT2D eigenvalue weighted by Gasteiger charge is -2.07. The Morgan fingerprint density at radius 2 is 1.71 bits per heavy atom. The summed E-state index contributed by atoms with van der Waals surface area (Å²) in [5.74, 6) is 0. The summed E-state index contributed by atoms with van der Waals surface area (Å²) in [5, 5.41) is 12.5. The molecule has 0 saturated heterocycles. The van der Waals surface area contributed by atoms with Gasteiger partial charge in [0.15, 0.2) is 0 Å². The molecule has 2 rings (SSSR count). The van der Waals surface area contributed by atoms with Gasteiger partial charge in [0.1, 0.15) is 5.71 Å². The van der Waals surface area contributed by atoms with Crippen LogP contribution in [-0.2, 0) is 0 Å². The second kappa shape index (κ2) is 5.01. The molecule has 0 heterocycles. The molecule has 0 amide bonds. The first kappa shape index (κ1) is 11.7. The maximum Gasteiger partial charge on any atom is 0.119 e. The summed E-state index contributed by atoms with van der Waals surface area (Å²) in [7, 11) is 0. The van der Waals surface area contributed by atoms with Gasteiger partial charge in [-0.25, -0.2) is 0 Å². The van der Waals surface area contributed by atoms with Crippen LogP contribution in [0.4, 0.5) is 5.69 Å². The van der Waals surface area contributed by atoms with Gasteiger partial charge in [0.2, 0.25) is 0 Å². The van der Waals surface area contributed by atoms with Gasteiger partial charge in [-0.2, -0.15) is 0 Å². The Morgan fingerprint density at radius 1 is 1.06 bits per heavy atom. The molecule has 86 valence electrons. The van der Waals surface area contributed by atoms with Crippen LogP contribution in [0.3, 0.4) is 0 Å². The Bertz CT molecular complexity index is 550. The third kappa shape index (κ3) is 2.47. The number of oxime groups is 1. The van der Waals surface area contributed by atoms with Gasteiger partial charge in [0, 0.05) is 21.3 Å². The van der Waals surface area contributed by atoms with Crippen LogP contribution < -0.4 is 5.73 Å². The Kier molecular flexibility index (Phi) is 3.44. The minimum absolute atomic E-state index is 0.468. The minimum atomic E-state index is 0.468. The molecular weight excluding hydrogens is 280 g/mol. The van der Waals surface area contributed by atoms with E-state index < -0.39 is 0 Å². The van der Waals surface area contributed by atoms with Crippen molar-refractivity contribution in [1.29, 1.82) is 0 Å². The van der Waals surface area contributed by atoms with E-state index in [-0.39, 0.29) is 0 Å². The average molecular weight is 291 g/mol. The first-order valence-corrected chi connectivity index (χ1v) is 5.84. The van der Waals surface area contributed by atoms with E-state index >= 15 is 0 Å². The molecule has 3 N–H and O–H groups in total. The van der Waals surface area contributed by atoms with E-state index in [1.54, 1.807) is 6.07 Å². The summed E-state index contributed by atoms with van der Waals surface area (Å²) in [5.41, 5.74) is 8.45. The summed E-state index contributed by atoms with van der Waals surface area (Å²) in [4.78, 5) is 0.